The van der Waals surface area contributed by atoms with Gasteiger partial charge in [-0.2, -0.15) is 5.09 Å². The van der Waals surface area contributed by atoms with Gasteiger partial charge in [-0.3, -0.25) is 24.3 Å². The zero-order valence-electron chi connectivity index (χ0n) is 25.5. The van der Waals surface area contributed by atoms with Crippen molar-refractivity contribution in [3.05, 3.63) is 27.8 Å². The van der Waals surface area contributed by atoms with Gasteiger partial charge in [-0.15, -0.1) is 0 Å². The minimum atomic E-state index is -4.13. The molecule has 232 valence electrons. The Bertz CT molecular complexity index is 1200. The van der Waals surface area contributed by atoms with Crippen LogP contribution >= 0.6 is 7.75 Å². The molecule has 12 heteroatoms. The highest BCUT2D eigenvalue weighted by molar-refractivity contribution is 7.52. The Morgan fingerprint density at radius 3 is 2.17 bits per heavy atom. The van der Waals surface area contributed by atoms with Crippen LogP contribution in [0, 0.1) is 46.0 Å². The van der Waals surface area contributed by atoms with Crippen molar-refractivity contribution in [3.8, 4) is 5.75 Å². The molecule has 6 atom stereocenters. The molecule has 0 aliphatic carbocycles. The van der Waals surface area contributed by atoms with Gasteiger partial charge in [0.1, 0.15) is 18.0 Å². The normalized spacial score (nSPS) is 26.1. The van der Waals surface area contributed by atoms with Gasteiger partial charge >= 0.3 is 19.7 Å². The Hall–Kier alpha value is -2.46. The third kappa shape index (κ3) is 6.79. The van der Waals surface area contributed by atoms with Crippen molar-refractivity contribution >= 4 is 25.7 Å². The molecular weight excluding hydrogens is 549 g/mol. The predicted molar refractivity (Wildman–Crippen MR) is 157 cm³/mol. The zero-order valence-corrected chi connectivity index (χ0v) is 26.4. The molecule has 0 bridgehead atoms. The maximum absolute atomic E-state index is 14.2. The number of rotatable bonds is 9. The van der Waals surface area contributed by atoms with Crippen LogP contribution in [-0.2, 0) is 28.2 Å². The third-order valence-corrected chi connectivity index (χ3v) is 10.4. The van der Waals surface area contributed by atoms with Gasteiger partial charge in [0.05, 0.1) is 25.2 Å². The number of hydrogen-bond acceptors (Lipinski definition) is 8. The summed E-state index contributed by atoms with van der Waals surface area (Å²) >= 11 is 0. The van der Waals surface area contributed by atoms with Crippen molar-refractivity contribution in [1.82, 2.24) is 15.3 Å². The maximum Gasteiger partial charge on any atom is 0.459 e. The first-order valence-electron chi connectivity index (χ1n) is 13.6. The molecule has 6 unspecified atom stereocenters. The maximum atomic E-state index is 14.2. The van der Waals surface area contributed by atoms with Crippen LogP contribution in [0.1, 0.15) is 76.3 Å². The van der Waals surface area contributed by atoms with E-state index >= 15 is 0 Å². The van der Waals surface area contributed by atoms with Gasteiger partial charge in [-0.1, -0.05) is 14.4 Å². The van der Waals surface area contributed by atoms with Crippen LogP contribution in [-0.4, -0.2) is 60.9 Å². The molecule has 2 saturated heterocycles. The fraction of sp³-hybridized carbons (Fsp3) is 0.690. The molecule has 2 aliphatic rings. The standard InChI is InChI=1S/C28H44N3O8P.CH4/c1-14-12-23(31-21(8)28(9,10)26(33)29-27(31)34)38-22(14)13-37-40(35,30-20(7)25(32)36-11)39-24-18(5)16(3)15(2)17(4)19(24)6;/h14,20-23H,12-13H2,1-11H3,(H,30,35)(H,29,33,34);1H4. The summed E-state index contributed by atoms with van der Waals surface area (Å²) < 4.78 is 37.2. The second-order valence-electron chi connectivity index (χ2n) is 11.6. The number of esters is 1. The van der Waals surface area contributed by atoms with E-state index in [0.29, 0.717) is 12.2 Å². The fourth-order valence-corrected chi connectivity index (χ4v) is 6.73. The van der Waals surface area contributed by atoms with Gasteiger partial charge < -0.3 is 14.0 Å². The third-order valence-electron chi connectivity index (χ3n) is 8.81. The second kappa shape index (κ2) is 12.8. The topological polar surface area (TPSA) is 132 Å². The highest BCUT2D eigenvalue weighted by Crippen LogP contribution is 2.49. The molecule has 3 amide bonds. The van der Waals surface area contributed by atoms with Gasteiger partial charge in [-0.05, 0) is 102 Å². The smallest absolute Gasteiger partial charge is 0.459 e. The quantitative estimate of drug-likeness (QED) is 0.290. The van der Waals surface area contributed by atoms with E-state index in [2.05, 4.69) is 10.4 Å². The van der Waals surface area contributed by atoms with E-state index in [-0.39, 0.29) is 25.9 Å². The highest BCUT2D eigenvalue weighted by Gasteiger charge is 2.50. The fourth-order valence-electron chi connectivity index (χ4n) is 5.11. The summed E-state index contributed by atoms with van der Waals surface area (Å²) in [5, 5.41) is 5.13. The minimum Gasteiger partial charge on any atom is -0.468 e. The molecule has 0 aromatic heterocycles. The number of carbonyl (C=O) groups excluding carboxylic acids is 3. The van der Waals surface area contributed by atoms with E-state index in [0.717, 1.165) is 27.8 Å². The number of carbonyl (C=O) groups is 3. The van der Waals surface area contributed by atoms with Crippen LogP contribution in [0.2, 0.25) is 0 Å². The Balaban J connectivity index is 0.00000588. The Morgan fingerprint density at radius 2 is 1.63 bits per heavy atom. The number of urea groups is 1. The highest BCUT2D eigenvalue weighted by atomic mass is 31.2. The molecule has 0 spiro atoms. The number of imide groups is 1. The Morgan fingerprint density at radius 1 is 1.10 bits per heavy atom. The summed E-state index contributed by atoms with van der Waals surface area (Å²) in [4.78, 5) is 38.8. The molecule has 2 heterocycles. The summed E-state index contributed by atoms with van der Waals surface area (Å²) in [6.07, 6.45) is -0.622. The van der Waals surface area contributed by atoms with Crippen LogP contribution in [0.3, 0.4) is 0 Å². The van der Waals surface area contributed by atoms with Crippen LogP contribution in [0.25, 0.3) is 0 Å². The number of nitrogens with zero attached hydrogens (tertiary/aromatic N) is 1. The van der Waals surface area contributed by atoms with E-state index in [4.69, 9.17) is 18.5 Å². The molecule has 2 N–H and O–H groups in total. The van der Waals surface area contributed by atoms with Gasteiger partial charge in [0.25, 0.3) is 0 Å². The SMILES string of the molecule is C.COC(=O)C(C)NP(=O)(OCC1OC(N2C(=O)NC(=O)C(C)(C)C2C)CC1C)Oc1c(C)c(C)c(C)c(C)c1C. The lowest BCUT2D eigenvalue weighted by Crippen LogP contribution is -2.65. The summed E-state index contributed by atoms with van der Waals surface area (Å²) in [5.74, 6) is -0.588. The van der Waals surface area contributed by atoms with E-state index in [1.165, 1.54) is 14.0 Å². The molecule has 41 heavy (non-hydrogen) atoms. The number of methoxy groups -OCH3 is 1. The van der Waals surface area contributed by atoms with Gasteiger partial charge in [0, 0.05) is 6.04 Å². The number of benzene rings is 1. The molecule has 0 saturated carbocycles. The van der Waals surface area contributed by atoms with Crippen molar-refractivity contribution in [1.29, 1.82) is 0 Å². The number of amides is 3. The van der Waals surface area contributed by atoms with Crippen molar-refractivity contribution in [2.24, 2.45) is 11.3 Å². The van der Waals surface area contributed by atoms with E-state index in [1.54, 1.807) is 18.7 Å². The molecular formula is C29H48N3O8P. The lowest BCUT2D eigenvalue weighted by atomic mass is 9.81. The number of nitrogens with one attached hydrogen (secondary N) is 2. The van der Waals surface area contributed by atoms with Gasteiger partial charge in [-0.25, -0.2) is 9.36 Å². The molecule has 1 aromatic rings. The van der Waals surface area contributed by atoms with Gasteiger partial charge in [0.15, 0.2) is 0 Å². The molecule has 11 nitrogen and oxygen atoms in total. The van der Waals surface area contributed by atoms with Gasteiger partial charge in [0.2, 0.25) is 5.91 Å². The van der Waals surface area contributed by atoms with Crippen LogP contribution in [0.15, 0.2) is 0 Å². The molecule has 3 rings (SSSR count). The largest absolute Gasteiger partial charge is 0.468 e. The second-order valence-corrected chi connectivity index (χ2v) is 13.3. The summed E-state index contributed by atoms with van der Waals surface area (Å²) in [6, 6.07) is -1.88. The average Bonchev–Trinajstić information content (AvgIpc) is 3.26. The first-order chi connectivity index (χ1) is 18.4. The molecule has 1 aromatic carbocycles. The first kappa shape index (κ1) is 34.7. The molecule has 0 radical (unpaired) electrons. The molecule has 2 fully saturated rings. The van der Waals surface area contributed by atoms with E-state index in [9.17, 15) is 18.9 Å². The summed E-state index contributed by atoms with van der Waals surface area (Å²) in [6.45, 7) is 18.5. The number of hydrogen-bond donors (Lipinski definition) is 2. The predicted octanol–water partition coefficient (Wildman–Crippen LogP) is 5.24. The first-order valence-corrected chi connectivity index (χ1v) is 15.1. The Labute approximate surface area is 244 Å². The van der Waals surface area contributed by atoms with Crippen molar-refractivity contribution in [2.45, 2.75) is 108 Å². The van der Waals surface area contributed by atoms with Crippen molar-refractivity contribution in [3.63, 3.8) is 0 Å². The lowest BCUT2D eigenvalue weighted by molar-refractivity contribution is -0.142. The monoisotopic (exact) mass is 597 g/mol. The minimum absolute atomic E-state index is 0. The van der Waals surface area contributed by atoms with Crippen molar-refractivity contribution < 1.29 is 37.5 Å². The summed E-state index contributed by atoms with van der Waals surface area (Å²) in [5.41, 5.74) is 3.99. The van der Waals surface area contributed by atoms with E-state index in [1.807, 2.05) is 48.5 Å². The number of ether oxygens (including phenoxy) is 2. The summed E-state index contributed by atoms with van der Waals surface area (Å²) in [7, 11) is -2.88. The molecule has 2 aliphatic heterocycles. The Kier molecular flexibility index (Phi) is 10.9. The average molecular weight is 598 g/mol. The van der Waals surface area contributed by atoms with Crippen LogP contribution in [0.5, 0.6) is 5.75 Å². The van der Waals surface area contributed by atoms with Crippen molar-refractivity contribution in [2.75, 3.05) is 13.7 Å². The lowest BCUT2D eigenvalue weighted by Gasteiger charge is -2.45. The van der Waals surface area contributed by atoms with Crippen LogP contribution in [0.4, 0.5) is 4.79 Å². The van der Waals surface area contributed by atoms with E-state index < -0.39 is 49.6 Å². The van der Waals surface area contributed by atoms with Crippen LogP contribution < -0.4 is 14.9 Å². The zero-order chi connectivity index (χ0) is 30.3.